The molecule has 0 unspecified atom stereocenters. The maximum atomic E-state index is 12.2. The Morgan fingerprint density at radius 2 is 1.96 bits per heavy atom. The number of tetrazole rings is 1. The van der Waals surface area contributed by atoms with Crippen LogP contribution in [0.3, 0.4) is 0 Å². The van der Waals surface area contributed by atoms with Crippen LogP contribution >= 0.6 is 0 Å². The van der Waals surface area contributed by atoms with Crippen molar-refractivity contribution in [2.24, 2.45) is 14.1 Å². The third-order valence-electron chi connectivity index (χ3n) is 3.19. The highest BCUT2D eigenvalue weighted by molar-refractivity contribution is 6.02. The summed E-state index contributed by atoms with van der Waals surface area (Å²) in [7, 11) is 3.22. The third kappa shape index (κ3) is 2.98. The Labute approximate surface area is 130 Å². The van der Waals surface area contributed by atoms with E-state index in [1.54, 1.807) is 25.2 Å². The Kier molecular flexibility index (Phi) is 3.67. The maximum absolute atomic E-state index is 12.2. The standard InChI is InChI=1S/C14H13N7O2/c1-20-12(22)7-6-11(17-20)14(23)15-10-5-3-4-9(8-10)13-16-18-19-21(13)2/h3-8H,1-2H3,(H,15,23). The highest BCUT2D eigenvalue weighted by atomic mass is 16.2. The monoisotopic (exact) mass is 311 g/mol. The number of nitrogens with one attached hydrogen (secondary N) is 1. The first kappa shape index (κ1) is 14.6. The van der Waals surface area contributed by atoms with Gasteiger partial charge in [0.25, 0.3) is 11.5 Å². The molecule has 0 fully saturated rings. The zero-order valence-corrected chi connectivity index (χ0v) is 12.5. The molecule has 0 spiro atoms. The minimum absolute atomic E-state index is 0.151. The summed E-state index contributed by atoms with van der Waals surface area (Å²) in [4.78, 5) is 23.5. The summed E-state index contributed by atoms with van der Waals surface area (Å²) in [5.74, 6) is 0.176. The molecule has 0 atom stereocenters. The number of carbonyl (C=O) groups is 1. The van der Waals surface area contributed by atoms with E-state index >= 15 is 0 Å². The van der Waals surface area contributed by atoms with Gasteiger partial charge in [0.05, 0.1) is 0 Å². The second kappa shape index (κ2) is 5.79. The molecule has 2 heterocycles. The molecule has 0 radical (unpaired) electrons. The molecule has 2 aromatic heterocycles. The largest absolute Gasteiger partial charge is 0.321 e. The summed E-state index contributed by atoms with van der Waals surface area (Å²) in [6, 6.07) is 9.80. The predicted molar refractivity (Wildman–Crippen MR) is 81.7 cm³/mol. The van der Waals surface area contributed by atoms with Crippen LogP contribution in [0.2, 0.25) is 0 Å². The Hall–Kier alpha value is -3.36. The van der Waals surface area contributed by atoms with E-state index in [4.69, 9.17) is 0 Å². The Balaban J connectivity index is 1.85. The third-order valence-corrected chi connectivity index (χ3v) is 3.19. The van der Waals surface area contributed by atoms with E-state index in [1.165, 1.54) is 23.9 Å². The fraction of sp³-hybridized carbons (Fsp3) is 0.143. The Bertz CT molecular complexity index is 929. The fourth-order valence-electron chi connectivity index (χ4n) is 2.03. The highest BCUT2D eigenvalue weighted by Crippen LogP contribution is 2.19. The van der Waals surface area contributed by atoms with Gasteiger partial charge in [0.2, 0.25) is 0 Å². The second-order valence-corrected chi connectivity index (χ2v) is 4.84. The lowest BCUT2D eigenvalue weighted by Crippen LogP contribution is -2.23. The number of hydrogen-bond donors (Lipinski definition) is 1. The van der Waals surface area contributed by atoms with Crippen LogP contribution in [0.25, 0.3) is 11.4 Å². The van der Waals surface area contributed by atoms with Crippen molar-refractivity contribution in [1.29, 1.82) is 0 Å². The molecule has 0 saturated heterocycles. The molecule has 0 aliphatic rings. The number of nitrogens with zero attached hydrogens (tertiary/aromatic N) is 6. The van der Waals surface area contributed by atoms with Gasteiger partial charge < -0.3 is 5.32 Å². The van der Waals surface area contributed by atoms with Crippen LogP contribution in [0.1, 0.15) is 10.5 Å². The van der Waals surface area contributed by atoms with E-state index in [0.717, 1.165) is 10.2 Å². The van der Waals surface area contributed by atoms with Gasteiger partial charge in [0.15, 0.2) is 5.82 Å². The molecule has 1 aromatic carbocycles. The normalized spacial score (nSPS) is 10.5. The first-order valence-electron chi connectivity index (χ1n) is 6.73. The molecule has 9 heteroatoms. The van der Waals surface area contributed by atoms with E-state index in [1.807, 2.05) is 6.07 Å². The van der Waals surface area contributed by atoms with Crippen molar-refractivity contribution in [3.8, 4) is 11.4 Å². The first-order chi connectivity index (χ1) is 11.0. The lowest BCUT2D eigenvalue weighted by Gasteiger charge is -2.07. The van der Waals surface area contributed by atoms with Crippen molar-refractivity contribution in [3.05, 3.63) is 52.4 Å². The zero-order valence-electron chi connectivity index (χ0n) is 12.5. The number of carbonyl (C=O) groups excluding carboxylic acids is 1. The molecular weight excluding hydrogens is 298 g/mol. The topological polar surface area (TPSA) is 108 Å². The van der Waals surface area contributed by atoms with Gasteiger partial charge in [-0.3, -0.25) is 9.59 Å². The average molecular weight is 311 g/mol. The van der Waals surface area contributed by atoms with Crippen molar-refractivity contribution in [1.82, 2.24) is 30.0 Å². The highest BCUT2D eigenvalue weighted by Gasteiger charge is 2.11. The lowest BCUT2D eigenvalue weighted by atomic mass is 10.2. The molecule has 1 N–H and O–H groups in total. The van der Waals surface area contributed by atoms with Crippen molar-refractivity contribution in [2.75, 3.05) is 5.32 Å². The van der Waals surface area contributed by atoms with Gasteiger partial charge in [0, 0.05) is 31.4 Å². The zero-order chi connectivity index (χ0) is 16.4. The molecule has 23 heavy (non-hydrogen) atoms. The van der Waals surface area contributed by atoms with E-state index in [0.29, 0.717) is 11.5 Å². The van der Waals surface area contributed by atoms with E-state index < -0.39 is 5.91 Å². The minimum atomic E-state index is -0.408. The van der Waals surface area contributed by atoms with Crippen molar-refractivity contribution in [2.45, 2.75) is 0 Å². The number of amides is 1. The molecule has 3 rings (SSSR count). The molecule has 0 aliphatic carbocycles. The second-order valence-electron chi connectivity index (χ2n) is 4.84. The van der Waals surface area contributed by atoms with Gasteiger partial charge in [-0.25, -0.2) is 9.36 Å². The van der Waals surface area contributed by atoms with E-state index in [-0.39, 0.29) is 11.3 Å². The number of aryl methyl sites for hydroxylation is 2. The number of hydrogen-bond acceptors (Lipinski definition) is 6. The predicted octanol–water partition coefficient (Wildman–Crippen LogP) is 0.223. The summed E-state index contributed by atoms with van der Waals surface area (Å²) in [6.07, 6.45) is 0. The number of anilines is 1. The van der Waals surface area contributed by atoms with Gasteiger partial charge in [-0.1, -0.05) is 12.1 Å². The Morgan fingerprint density at radius 3 is 2.65 bits per heavy atom. The summed E-state index contributed by atoms with van der Waals surface area (Å²) < 4.78 is 2.64. The van der Waals surface area contributed by atoms with E-state index in [9.17, 15) is 9.59 Å². The van der Waals surface area contributed by atoms with Crippen molar-refractivity contribution in [3.63, 3.8) is 0 Å². The number of rotatable bonds is 3. The van der Waals surface area contributed by atoms with Crippen molar-refractivity contribution >= 4 is 11.6 Å². The molecule has 0 aliphatic heterocycles. The van der Waals surface area contributed by atoms with Crippen LogP contribution < -0.4 is 10.9 Å². The van der Waals surface area contributed by atoms with Crippen LogP contribution in [-0.2, 0) is 14.1 Å². The van der Waals surface area contributed by atoms with Crippen LogP contribution in [0.4, 0.5) is 5.69 Å². The quantitative estimate of drug-likeness (QED) is 0.741. The number of aromatic nitrogens is 6. The lowest BCUT2D eigenvalue weighted by molar-refractivity contribution is 0.102. The molecule has 116 valence electrons. The van der Waals surface area contributed by atoms with Crippen LogP contribution in [0.5, 0.6) is 0 Å². The fourth-order valence-corrected chi connectivity index (χ4v) is 2.03. The number of benzene rings is 1. The summed E-state index contributed by atoms with van der Waals surface area (Å²) >= 11 is 0. The molecule has 0 saturated carbocycles. The van der Waals surface area contributed by atoms with Gasteiger partial charge in [-0.2, -0.15) is 5.10 Å². The van der Waals surface area contributed by atoms with Crippen molar-refractivity contribution < 1.29 is 4.79 Å². The van der Waals surface area contributed by atoms with Gasteiger partial charge >= 0.3 is 0 Å². The van der Waals surface area contributed by atoms with Crippen LogP contribution in [0.15, 0.2) is 41.2 Å². The van der Waals surface area contributed by atoms with Gasteiger partial charge in [-0.15, -0.1) is 5.10 Å². The van der Waals surface area contributed by atoms with Crippen LogP contribution in [-0.4, -0.2) is 35.9 Å². The molecule has 1 amide bonds. The minimum Gasteiger partial charge on any atom is -0.321 e. The maximum Gasteiger partial charge on any atom is 0.276 e. The Morgan fingerprint density at radius 1 is 1.13 bits per heavy atom. The molecular formula is C14H13N7O2. The van der Waals surface area contributed by atoms with Crippen LogP contribution in [0, 0.1) is 0 Å². The summed E-state index contributed by atoms with van der Waals surface area (Å²) in [5, 5.41) is 17.9. The molecule has 9 nitrogen and oxygen atoms in total. The molecule has 3 aromatic rings. The first-order valence-corrected chi connectivity index (χ1v) is 6.73. The smallest absolute Gasteiger partial charge is 0.276 e. The van der Waals surface area contributed by atoms with Gasteiger partial charge in [-0.05, 0) is 28.6 Å². The SMILES string of the molecule is Cn1nnnc1-c1cccc(NC(=O)c2ccc(=O)n(C)n2)c1. The summed E-state index contributed by atoms with van der Waals surface area (Å²) in [5.41, 5.74) is 1.21. The summed E-state index contributed by atoms with van der Waals surface area (Å²) in [6.45, 7) is 0. The van der Waals surface area contributed by atoms with E-state index in [2.05, 4.69) is 25.9 Å². The average Bonchev–Trinajstić information content (AvgIpc) is 2.96. The molecule has 0 bridgehead atoms. The van der Waals surface area contributed by atoms with Gasteiger partial charge in [0.1, 0.15) is 5.69 Å².